The topological polar surface area (TPSA) is 72.7 Å². The third-order valence-electron chi connectivity index (χ3n) is 4.84. The standard InChI is InChI=1S/C18H20ClN5OS/c1-3-18(4-2,13-5-7-14(19)8-6-13)11-20-17(25)16-15(9-10-26-16)24-12-21-22-23-24/h5-10,12H,3-4,11H2,1-2H3,(H,20,25). The summed E-state index contributed by atoms with van der Waals surface area (Å²) in [5.41, 5.74) is 1.73. The quantitative estimate of drug-likeness (QED) is 0.665. The number of carbonyl (C=O) groups excluding carboxylic acids is 1. The van der Waals surface area contributed by atoms with Gasteiger partial charge in [-0.25, -0.2) is 0 Å². The largest absolute Gasteiger partial charge is 0.350 e. The van der Waals surface area contributed by atoms with Gasteiger partial charge in [-0.15, -0.1) is 16.4 Å². The molecule has 0 aliphatic carbocycles. The third-order valence-corrected chi connectivity index (χ3v) is 6.00. The lowest BCUT2D eigenvalue weighted by Gasteiger charge is -2.32. The van der Waals surface area contributed by atoms with Crippen LogP contribution in [0.2, 0.25) is 5.02 Å². The predicted octanol–water partition coefficient (Wildman–Crippen LogP) is 3.87. The molecule has 0 atom stereocenters. The van der Waals surface area contributed by atoms with Gasteiger partial charge in [-0.05, 0) is 52.4 Å². The average Bonchev–Trinajstić information content (AvgIpc) is 3.35. The maximum atomic E-state index is 12.8. The predicted molar refractivity (Wildman–Crippen MR) is 103 cm³/mol. The maximum absolute atomic E-state index is 12.8. The van der Waals surface area contributed by atoms with Crippen LogP contribution in [0.25, 0.3) is 5.69 Å². The second kappa shape index (κ2) is 7.97. The number of carbonyl (C=O) groups is 1. The number of nitrogens with one attached hydrogen (secondary N) is 1. The molecular weight excluding hydrogens is 370 g/mol. The Morgan fingerprint density at radius 3 is 2.58 bits per heavy atom. The molecule has 0 aliphatic heterocycles. The fraction of sp³-hybridized carbons (Fsp3) is 0.333. The van der Waals surface area contributed by atoms with Crippen LogP contribution in [-0.2, 0) is 5.41 Å². The smallest absolute Gasteiger partial charge is 0.263 e. The van der Waals surface area contributed by atoms with E-state index in [1.54, 1.807) is 0 Å². The fourth-order valence-corrected chi connectivity index (χ4v) is 3.99. The molecule has 1 amide bonds. The first-order chi connectivity index (χ1) is 12.6. The summed E-state index contributed by atoms with van der Waals surface area (Å²) in [6.45, 7) is 4.83. The number of halogens is 1. The molecule has 136 valence electrons. The maximum Gasteiger partial charge on any atom is 0.263 e. The van der Waals surface area contributed by atoms with Gasteiger partial charge in [-0.3, -0.25) is 4.79 Å². The van der Waals surface area contributed by atoms with E-state index in [-0.39, 0.29) is 11.3 Å². The molecule has 0 saturated heterocycles. The molecule has 0 spiro atoms. The van der Waals surface area contributed by atoms with Gasteiger partial charge in [0.1, 0.15) is 11.2 Å². The summed E-state index contributed by atoms with van der Waals surface area (Å²) in [7, 11) is 0. The second-order valence-electron chi connectivity index (χ2n) is 6.07. The number of benzene rings is 1. The molecular formula is C18H20ClN5OS. The Kier molecular flexibility index (Phi) is 5.68. The van der Waals surface area contributed by atoms with E-state index in [4.69, 9.17) is 11.6 Å². The first-order valence-electron chi connectivity index (χ1n) is 8.44. The molecule has 1 aromatic carbocycles. The Bertz CT molecular complexity index is 856. The van der Waals surface area contributed by atoms with Crippen molar-refractivity contribution in [3.63, 3.8) is 0 Å². The van der Waals surface area contributed by atoms with Crippen LogP contribution < -0.4 is 5.32 Å². The molecule has 3 aromatic rings. The van der Waals surface area contributed by atoms with Crippen molar-refractivity contribution < 1.29 is 4.79 Å². The van der Waals surface area contributed by atoms with Crippen LogP contribution in [0.5, 0.6) is 0 Å². The van der Waals surface area contributed by atoms with E-state index >= 15 is 0 Å². The zero-order chi connectivity index (χ0) is 18.6. The number of amides is 1. The Hall–Kier alpha value is -2.25. The van der Waals surface area contributed by atoms with Crippen LogP contribution in [0.3, 0.4) is 0 Å². The number of hydrogen-bond acceptors (Lipinski definition) is 5. The number of hydrogen-bond donors (Lipinski definition) is 1. The highest BCUT2D eigenvalue weighted by Gasteiger charge is 2.29. The summed E-state index contributed by atoms with van der Waals surface area (Å²) in [5.74, 6) is -0.120. The SMILES string of the molecule is CCC(CC)(CNC(=O)c1sccc1-n1cnnn1)c1ccc(Cl)cc1. The number of nitrogens with zero attached hydrogens (tertiary/aromatic N) is 4. The van der Waals surface area contributed by atoms with Gasteiger partial charge < -0.3 is 5.32 Å². The van der Waals surface area contributed by atoms with Crippen LogP contribution in [0, 0.1) is 0 Å². The number of tetrazole rings is 1. The van der Waals surface area contributed by atoms with Crippen LogP contribution in [-0.4, -0.2) is 32.7 Å². The van der Waals surface area contributed by atoms with E-state index in [0.29, 0.717) is 22.1 Å². The minimum absolute atomic E-state index is 0.120. The number of aromatic nitrogens is 4. The van der Waals surface area contributed by atoms with Crippen molar-refractivity contribution in [2.75, 3.05) is 6.54 Å². The zero-order valence-corrected chi connectivity index (χ0v) is 16.2. The Balaban J connectivity index is 1.79. The monoisotopic (exact) mass is 389 g/mol. The van der Waals surface area contributed by atoms with E-state index < -0.39 is 0 Å². The van der Waals surface area contributed by atoms with Crippen molar-refractivity contribution in [1.29, 1.82) is 0 Å². The normalized spacial score (nSPS) is 11.5. The molecule has 0 unspecified atom stereocenters. The van der Waals surface area contributed by atoms with Crippen molar-refractivity contribution in [3.8, 4) is 5.69 Å². The molecule has 2 aromatic heterocycles. The summed E-state index contributed by atoms with van der Waals surface area (Å²) in [6.07, 6.45) is 3.31. The number of thiophene rings is 1. The molecule has 6 nitrogen and oxygen atoms in total. The van der Waals surface area contributed by atoms with Gasteiger partial charge in [0.15, 0.2) is 0 Å². The van der Waals surface area contributed by atoms with Gasteiger partial charge in [0.05, 0.1) is 5.69 Å². The van der Waals surface area contributed by atoms with E-state index in [1.165, 1.54) is 27.9 Å². The lowest BCUT2D eigenvalue weighted by molar-refractivity contribution is 0.0945. The van der Waals surface area contributed by atoms with E-state index in [2.05, 4.69) is 34.7 Å². The van der Waals surface area contributed by atoms with Crippen molar-refractivity contribution in [2.45, 2.75) is 32.1 Å². The van der Waals surface area contributed by atoms with Crippen LogP contribution in [0.15, 0.2) is 42.0 Å². The minimum Gasteiger partial charge on any atom is -0.350 e. The van der Waals surface area contributed by atoms with Gasteiger partial charge in [-0.2, -0.15) is 4.68 Å². The second-order valence-corrected chi connectivity index (χ2v) is 7.42. The Labute approximate surface area is 161 Å². The molecule has 2 heterocycles. The first kappa shape index (κ1) is 18.5. The summed E-state index contributed by atoms with van der Waals surface area (Å²) < 4.78 is 1.50. The Morgan fingerprint density at radius 2 is 1.96 bits per heavy atom. The lowest BCUT2D eigenvalue weighted by atomic mass is 9.76. The molecule has 8 heteroatoms. The fourth-order valence-electron chi connectivity index (χ4n) is 3.07. The van der Waals surface area contributed by atoms with Gasteiger partial charge in [0.25, 0.3) is 5.91 Å². The summed E-state index contributed by atoms with van der Waals surface area (Å²) in [4.78, 5) is 13.4. The molecule has 0 radical (unpaired) electrons. The highest BCUT2D eigenvalue weighted by molar-refractivity contribution is 7.12. The van der Waals surface area contributed by atoms with E-state index in [9.17, 15) is 4.79 Å². The summed E-state index contributed by atoms with van der Waals surface area (Å²) >= 11 is 7.40. The zero-order valence-electron chi connectivity index (χ0n) is 14.6. The average molecular weight is 390 g/mol. The van der Waals surface area contributed by atoms with E-state index in [1.807, 2.05) is 35.7 Å². The van der Waals surface area contributed by atoms with Crippen molar-refractivity contribution in [3.05, 3.63) is 57.5 Å². The first-order valence-corrected chi connectivity index (χ1v) is 9.70. The van der Waals surface area contributed by atoms with Gasteiger partial charge in [0, 0.05) is 17.0 Å². The molecule has 0 saturated carbocycles. The van der Waals surface area contributed by atoms with Crippen molar-refractivity contribution in [1.82, 2.24) is 25.5 Å². The van der Waals surface area contributed by atoms with Gasteiger partial charge in [-0.1, -0.05) is 37.6 Å². The van der Waals surface area contributed by atoms with Crippen LogP contribution in [0.1, 0.15) is 41.9 Å². The highest BCUT2D eigenvalue weighted by Crippen LogP contribution is 2.32. The Morgan fingerprint density at radius 1 is 1.23 bits per heavy atom. The highest BCUT2D eigenvalue weighted by atomic mass is 35.5. The molecule has 3 rings (SSSR count). The van der Waals surface area contributed by atoms with Gasteiger partial charge >= 0.3 is 0 Å². The molecule has 0 aliphatic rings. The summed E-state index contributed by atoms with van der Waals surface area (Å²) in [6, 6.07) is 9.71. The minimum atomic E-state index is -0.132. The van der Waals surface area contributed by atoms with E-state index in [0.717, 1.165) is 12.8 Å². The van der Waals surface area contributed by atoms with Crippen molar-refractivity contribution in [2.24, 2.45) is 0 Å². The molecule has 1 N–H and O–H groups in total. The van der Waals surface area contributed by atoms with Crippen LogP contribution in [0.4, 0.5) is 0 Å². The third kappa shape index (κ3) is 3.64. The molecule has 26 heavy (non-hydrogen) atoms. The lowest BCUT2D eigenvalue weighted by Crippen LogP contribution is -2.40. The van der Waals surface area contributed by atoms with Gasteiger partial charge in [0.2, 0.25) is 0 Å². The molecule has 0 fully saturated rings. The number of rotatable bonds is 7. The summed E-state index contributed by atoms with van der Waals surface area (Å²) in [5, 5.41) is 16.8. The van der Waals surface area contributed by atoms with Crippen molar-refractivity contribution >= 4 is 28.8 Å². The molecule has 0 bridgehead atoms. The van der Waals surface area contributed by atoms with Crippen LogP contribution >= 0.6 is 22.9 Å².